The Bertz CT molecular complexity index is 585. The van der Waals surface area contributed by atoms with Crippen LogP contribution in [0.2, 0.25) is 0 Å². The van der Waals surface area contributed by atoms with Crippen LogP contribution in [0.4, 0.5) is 13.2 Å². The number of benzene rings is 1. The van der Waals surface area contributed by atoms with Crippen LogP contribution in [0.15, 0.2) is 24.3 Å². The number of nitrogens with one attached hydrogen (secondary N) is 1. The van der Waals surface area contributed by atoms with Crippen LogP contribution in [-0.4, -0.2) is 23.7 Å². The summed E-state index contributed by atoms with van der Waals surface area (Å²) in [6, 6.07) is 5.11. The van der Waals surface area contributed by atoms with Crippen LogP contribution in [0.5, 0.6) is 0 Å². The highest BCUT2D eigenvalue weighted by Crippen LogP contribution is 2.48. The molecule has 2 aliphatic carbocycles. The lowest BCUT2D eigenvalue weighted by molar-refractivity contribution is -0.137. The molecule has 0 saturated heterocycles. The predicted octanol–water partition coefficient (Wildman–Crippen LogP) is 3.48. The summed E-state index contributed by atoms with van der Waals surface area (Å²) in [6.07, 6.45) is 0.277. The Hall–Kier alpha value is -1.56. The summed E-state index contributed by atoms with van der Waals surface area (Å²) in [5, 5.41) is 12.4. The number of amides is 1. The van der Waals surface area contributed by atoms with E-state index in [0.717, 1.165) is 43.4 Å². The van der Waals surface area contributed by atoms with E-state index in [1.54, 1.807) is 0 Å². The molecular formula is C18H22F3NO2. The number of carbonyl (C=O) groups excluding carboxylic acids is 1. The van der Waals surface area contributed by atoms with E-state index in [1.165, 1.54) is 12.1 Å². The molecule has 0 bridgehead atoms. The molecule has 132 valence electrons. The quantitative estimate of drug-likeness (QED) is 0.881. The molecule has 1 aromatic rings. The summed E-state index contributed by atoms with van der Waals surface area (Å²) >= 11 is 0. The first kappa shape index (κ1) is 17.3. The zero-order valence-corrected chi connectivity index (χ0v) is 13.4. The highest BCUT2D eigenvalue weighted by Gasteiger charge is 2.45. The number of aliphatic hydroxyl groups excluding tert-OH is 1. The lowest BCUT2D eigenvalue weighted by atomic mass is 9.85. The molecule has 0 radical (unpaired) electrons. The summed E-state index contributed by atoms with van der Waals surface area (Å²) in [5.74, 6) is -0.0809. The molecule has 2 fully saturated rings. The number of halogens is 3. The maximum atomic E-state index is 12.6. The second kappa shape index (κ2) is 6.75. The molecule has 4 atom stereocenters. The van der Waals surface area contributed by atoms with E-state index in [-0.39, 0.29) is 36.3 Å². The van der Waals surface area contributed by atoms with Gasteiger partial charge in [-0.15, -0.1) is 0 Å². The number of carbonyl (C=O) groups is 1. The SMILES string of the molecule is O=C(NC1CCCCC1CO)C1CC1c1ccc(C(F)(F)F)cc1. The maximum Gasteiger partial charge on any atom is 0.416 e. The zero-order valence-electron chi connectivity index (χ0n) is 13.4. The van der Waals surface area contributed by atoms with Gasteiger partial charge in [0.15, 0.2) is 0 Å². The van der Waals surface area contributed by atoms with Crippen LogP contribution in [0.1, 0.15) is 49.1 Å². The average Bonchev–Trinajstić information content (AvgIpc) is 3.35. The van der Waals surface area contributed by atoms with Crippen LogP contribution in [0, 0.1) is 11.8 Å². The van der Waals surface area contributed by atoms with Crippen LogP contribution in [0.3, 0.4) is 0 Å². The molecule has 3 nitrogen and oxygen atoms in total. The Labute approximate surface area is 139 Å². The van der Waals surface area contributed by atoms with Gasteiger partial charge in [-0.1, -0.05) is 25.0 Å². The average molecular weight is 341 g/mol. The molecule has 0 aliphatic heterocycles. The molecule has 0 spiro atoms. The molecule has 3 rings (SSSR count). The molecule has 0 heterocycles. The zero-order chi connectivity index (χ0) is 17.3. The number of rotatable bonds is 4. The third-order valence-corrected chi connectivity index (χ3v) is 5.26. The van der Waals surface area contributed by atoms with Crippen molar-refractivity contribution in [2.45, 2.75) is 50.2 Å². The molecule has 0 aromatic heterocycles. The van der Waals surface area contributed by atoms with Gasteiger partial charge in [-0.3, -0.25) is 4.79 Å². The van der Waals surface area contributed by atoms with Crippen molar-refractivity contribution in [2.75, 3.05) is 6.61 Å². The first-order chi connectivity index (χ1) is 11.4. The van der Waals surface area contributed by atoms with E-state index in [9.17, 15) is 23.1 Å². The Morgan fingerprint density at radius 2 is 1.83 bits per heavy atom. The molecular weight excluding hydrogens is 319 g/mol. The van der Waals surface area contributed by atoms with Crippen LogP contribution >= 0.6 is 0 Å². The van der Waals surface area contributed by atoms with Gasteiger partial charge in [0.05, 0.1) is 5.56 Å². The predicted molar refractivity (Wildman–Crippen MR) is 83.3 cm³/mol. The topological polar surface area (TPSA) is 49.3 Å². The smallest absolute Gasteiger partial charge is 0.396 e. The number of hydrogen-bond acceptors (Lipinski definition) is 2. The lowest BCUT2D eigenvalue weighted by Crippen LogP contribution is -2.44. The fourth-order valence-corrected chi connectivity index (χ4v) is 3.68. The van der Waals surface area contributed by atoms with Gasteiger partial charge in [-0.2, -0.15) is 13.2 Å². The minimum absolute atomic E-state index is 0.00320. The monoisotopic (exact) mass is 341 g/mol. The summed E-state index contributed by atoms with van der Waals surface area (Å²) in [4.78, 5) is 12.4. The van der Waals surface area contributed by atoms with Crippen LogP contribution < -0.4 is 5.32 Å². The van der Waals surface area contributed by atoms with E-state index in [2.05, 4.69) is 5.32 Å². The number of hydrogen-bond donors (Lipinski definition) is 2. The first-order valence-electron chi connectivity index (χ1n) is 8.48. The molecule has 24 heavy (non-hydrogen) atoms. The van der Waals surface area contributed by atoms with E-state index < -0.39 is 11.7 Å². The van der Waals surface area contributed by atoms with Crippen molar-refractivity contribution in [2.24, 2.45) is 11.8 Å². The molecule has 2 N–H and O–H groups in total. The minimum atomic E-state index is -4.33. The molecule has 1 amide bonds. The fourth-order valence-electron chi connectivity index (χ4n) is 3.68. The van der Waals surface area contributed by atoms with Crippen LogP contribution in [-0.2, 0) is 11.0 Å². The normalized spacial score (nSPS) is 30.0. The summed E-state index contributed by atoms with van der Waals surface area (Å²) in [6.45, 7) is 0.0813. The fraction of sp³-hybridized carbons (Fsp3) is 0.611. The third kappa shape index (κ3) is 3.74. The van der Waals surface area contributed by atoms with Gasteiger partial charge in [-0.05, 0) is 42.9 Å². The van der Waals surface area contributed by atoms with Gasteiger partial charge < -0.3 is 10.4 Å². The summed E-state index contributed by atoms with van der Waals surface area (Å²) in [7, 11) is 0. The first-order valence-corrected chi connectivity index (χ1v) is 8.48. The van der Waals surface area contributed by atoms with E-state index in [0.29, 0.717) is 6.42 Å². The van der Waals surface area contributed by atoms with Gasteiger partial charge in [0.25, 0.3) is 0 Å². The highest BCUT2D eigenvalue weighted by molar-refractivity contribution is 5.83. The summed E-state index contributed by atoms with van der Waals surface area (Å²) in [5.41, 5.74) is 0.117. The Morgan fingerprint density at radius 1 is 1.17 bits per heavy atom. The second-order valence-electron chi connectivity index (χ2n) is 6.91. The van der Waals surface area contributed by atoms with Gasteiger partial charge >= 0.3 is 6.18 Å². The third-order valence-electron chi connectivity index (χ3n) is 5.26. The van der Waals surface area contributed by atoms with Crippen molar-refractivity contribution >= 4 is 5.91 Å². The summed E-state index contributed by atoms with van der Waals surface area (Å²) < 4.78 is 37.8. The highest BCUT2D eigenvalue weighted by atomic mass is 19.4. The van der Waals surface area contributed by atoms with Gasteiger partial charge in [0.2, 0.25) is 5.91 Å². The Balaban J connectivity index is 1.57. The van der Waals surface area contributed by atoms with Gasteiger partial charge in [0, 0.05) is 24.5 Å². The van der Waals surface area contributed by atoms with Gasteiger partial charge in [-0.25, -0.2) is 0 Å². The minimum Gasteiger partial charge on any atom is -0.396 e. The lowest BCUT2D eigenvalue weighted by Gasteiger charge is -2.31. The standard InChI is InChI=1S/C18H22F3NO2/c19-18(20,21)13-7-5-11(6-8-13)14-9-15(14)17(24)22-16-4-2-1-3-12(16)10-23/h5-8,12,14-16,23H,1-4,9-10H2,(H,22,24). The van der Waals surface area contributed by atoms with E-state index in [1.807, 2.05) is 0 Å². The van der Waals surface area contributed by atoms with Crippen molar-refractivity contribution in [1.29, 1.82) is 0 Å². The molecule has 2 aliphatic rings. The van der Waals surface area contributed by atoms with Crippen molar-refractivity contribution in [3.05, 3.63) is 35.4 Å². The Morgan fingerprint density at radius 3 is 2.46 bits per heavy atom. The van der Waals surface area contributed by atoms with Crippen LogP contribution in [0.25, 0.3) is 0 Å². The molecule has 1 aromatic carbocycles. The maximum absolute atomic E-state index is 12.6. The number of aliphatic hydroxyl groups is 1. The van der Waals surface area contributed by atoms with Crippen molar-refractivity contribution < 1.29 is 23.1 Å². The van der Waals surface area contributed by atoms with E-state index >= 15 is 0 Å². The van der Waals surface area contributed by atoms with Gasteiger partial charge in [0.1, 0.15) is 0 Å². The number of alkyl halides is 3. The molecule has 6 heteroatoms. The van der Waals surface area contributed by atoms with Crippen molar-refractivity contribution in [1.82, 2.24) is 5.32 Å². The largest absolute Gasteiger partial charge is 0.416 e. The molecule has 2 saturated carbocycles. The van der Waals surface area contributed by atoms with E-state index in [4.69, 9.17) is 0 Å². The molecule has 4 unspecified atom stereocenters. The van der Waals surface area contributed by atoms with Crippen molar-refractivity contribution in [3.8, 4) is 0 Å². The van der Waals surface area contributed by atoms with Crippen molar-refractivity contribution in [3.63, 3.8) is 0 Å². The Kier molecular flexibility index (Phi) is 4.85. The second-order valence-corrected chi connectivity index (χ2v) is 6.91.